The monoisotopic (exact) mass is 287 g/mol. The molecule has 1 aromatic carbocycles. The highest BCUT2D eigenvalue weighted by Crippen LogP contribution is 2.43. The molecule has 2 rings (SSSR count). The van der Waals surface area contributed by atoms with Gasteiger partial charge in [0.05, 0.1) is 0 Å². The third-order valence-corrected chi connectivity index (χ3v) is 5.25. The molecule has 0 amide bonds. The molecule has 1 N–H and O–H groups in total. The van der Waals surface area contributed by atoms with Gasteiger partial charge in [-0.15, -0.1) is 0 Å². The van der Waals surface area contributed by atoms with Crippen molar-refractivity contribution in [3.8, 4) is 0 Å². The Morgan fingerprint density at radius 2 is 1.71 bits per heavy atom. The predicted molar refractivity (Wildman–Crippen MR) is 92.8 cm³/mol. The molecule has 1 fully saturated rings. The van der Waals surface area contributed by atoms with Gasteiger partial charge in [-0.25, -0.2) is 0 Å². The summed E-state index contributed by atoms with van der Waals surface area (Å²) in [4.78, 5) is 0. The topological polar surface area (TPSA) is 12.0 Å². The molecule has 0 bridgehead atoms. The van der Waals surface area contributed by atoms with E-state index >= 15 is 0 Å². The van der Waals surface area contributed by atoms with Crippen molar-refractivity contribution in [2.75, 3.05) is 6.54 Å². The van der Waals surface area contributed by atoms with Gasteiger partial charge in [0.15, 0.2) is 0 Å². The lowest BCUT2D eigenvalue weighted by atomic mass is 9.64. The first-order valence-corrected chi connectivity index (χ1v) is 9.12. The van der Waals surface area contributed by atoms with Crippen LogP contribution in [-0.4, -0.2) is 12.6 Å². The summed E-state index contributed by atoms with van der Waals surface area (Å²) in [6.45, 7) is 5.75. The largest absolute Gasteiger partial charge is 0.313 e. The van der Waals surface area contributed by atoms with Crippen LogP contribution in [0, 0.1) is 0 Å². The quantitative estimate of drug-likeness (QED) is 0.670. The second-order valence-corrected chi connectivity index (χ2v) is 6.73. The molecule has 0 spiro atoms. The number of unbranched alkanes of at least 4 members (excludes halogenated alkanes) is 1. The van der Waals surface area contributed by atoms with Crippen LogP contribution in [0.25, 0.3) is 0 Å². The Morgan fingerprint density at radius 1 is 1.00 bits per heavy atom. The van der Waals surface area contributed by atoms with Crippen molar-refractivity contribution >= 4 is 0 Å². The fourth-order valence-corrected chi connectivity index (χ4v) is 4.09. The zero-order chi connectivity index (χ0) is 15.0. The first-order valence-electron chi connectivity index (χ1n) is 9.12. The summed E-state index contributed by atoms with van der Waals surface area (Å²) in [5.41, 5.74) is 1.96. The number of nitrogens with one attached hydrogen (secondary N) is 1. The molecule has 0 aromatic heterocycles. The Kier molecular flexibility index (Phi) is 6.76. The fourth-order valence-electron chi connectivity index (χ4n) is 4.09. The van der Waals surface area contributed by atoms with E-state index in [2.05, 4.69) is 49.5 Å². The summed E-state index contributed by atoms with van der Waals surface area (Å²) in [5, 5.41) is 3.91. The molecule has 0 aliphatic heterocycles. The molecule has 1 aliphatic rings. The highest BCUT2D eigenvalue weighted by Gasteiger charge is 2.40. The lowest BCUT2D eigenvalue weighted by Gasteiger charge is -2.45. The van der Waals surface area contributed by atoms with Gasteiger partial charge in [-0.05, 0) is 37.8 Å². The van der Waals surface area contributed by atoms with Gasteiger partial charge in [0.25, 0.3) is 0 Å². The van der Waals surface area contributed by atoms with E-state index in [0.717, 1.165) is 6.54 Å². The Morgan fingerprint density at radius 3 is 2.33 bits per heavy atom. The molecule has 21 heavy (non-hydrogen) atoms. The first kappa shape index (κ1) is 16.5. The van der Waals surface area contributed by atoms with Crippen molar-refractivity contribution in [2.24, 2.45) is 0 Å². The Balaban J connectivity index is 2.26. The summed E-state index contributed by atoms with van der Waals surface area (Å²) in [5.74, 6) is 0. The third kappa shape index (κ3) is 4.10. The van der Waals surface area contributed by atoms with Crippen LogP contribution in [0.15, 0.2) is 30.3 Å². The van der Waals surface area contributed by atoms with E-state index in [1.807, 2.05) is 0 Å². The zero-order valence-electron chi connectivity index (χ0n) is 14.0. The first-order chi connectivity index (χ1) is 10.3. The Hall–Kier alpha value is -0.820. The van der Waals surface area contributed by atoms with Gasteiger partial charge < -0.3 is 5.32 Å². The van der Waals surface area contributed by atoms with Gasteiger partial charge in [-0.2, -0.15) is 0 Å². The molecule has 0 radical (unpaired) electrons. The second-order valence-electron chi connectivity index (χ2n) is 6.73. The second kappa shape index (κ2) is 8.58. The van der Waals surface area contributed by atoms with Gasteiger partial charge in [0.2, 0.25) is 0 Å². The number of benzene rings is 1. The molecular formula is C20H33N. The van der Waals surface area contributed by atoms with E-state index in [1.165, 1.54) is 57.8 Å². The maximum Gasteiger partial charge on any atom is 0.0164 e. The SMILES string of the molecule is CCCCC(NCCC)C1(c2ccccc2)CCCCC1. The van der Waals surface area contributed by atoms with E-state index in [0.29, 0.717) is 11.5 Å². The van der Waals surface area contributed by atoms with Crippen LogP contribution in [0.2, 0.25) is 0 Å². The standard InChI is InChI=1S/C20H33N/c1-3-5-14-19(21-17-4-2)20(15-10-7-11-16-20)18-12-8-6-9-13-18/h6,8-9,12-13,19,21H,3-5,7,10-11,14-17H2,1-2H3. The molecule has 1 unspecified atom stereocenters. The van der Waals surface area contributed by atoms with E-state index in [4.69, 9.17) is 0 Å². The molecule has 1 saturated carbocycles. The summed E-state index contributed by atoms with van der Waals surface area (Å²) in [6.07, 6.45) is 12.1. The lowest BCUT2D eigenvalue weighted by molar-refractivity contribution is 0.201. The van der Waals surface area contributed by atoms with E-state index < -0.39 is 0 Å². The lowest BCUT2D eigenvalue weighted by Crippen LogP contribution is -2.50. The van der Waals surface area contributed by atoms with Crippen LogP contribution in [0.3, 0.4) is 0 Å². The number of hydrogen-bond acceptors (Lipinski definition) is 1. The zero-order valence-corrected chi connectivity index (χ0v) is 14.0. The van der Waals surface area contributed by atoms with E-state index in [9.17, 15) is 0 Å². The number of hydrogen-bond donors (Lipinski definition) is 1. The minimum absolute atomic E-state index is 0.379. The van der Waals surface area contributed by atoms with Crippen LogP contribution in [0.1, 0.15) is 77.2 Å². The molecule has 118 valence electrons. The molecule has 1 atom stereocenters. The average molecular weight is 287 g/mol. The highest BCUT2D eigenvalue weighted by atomic mass is 14.9. The highest BCUT2D eigenvalue weighted by molar-refractivity contribution is 5.28. The Labute approximate surface area is 131 Å². The van der Waals surface area contributed by atoms with Gasteiger partial charge >= 0.3 is 0 Å². The van der Waals surface area contributed by atoms with Crippen molar-refractivity contribution in [3.63, 3.8) is 0 Å². The molecule has 1 aromatic rings. The fraction of sp³-hybridized carbons (Fsp3) is 0.700. The minimum atomic E-state index is 0.379. The average Bonchev–Trinajstić information content (AvgIpc) is 2.56. The summed E-state index contributed by atoms with van der Waals surface area (Å²) < 4.78 is 0. The van der Waals surface area contributed by atoms with E-state index in [1.54, 1.807) is 5.56 Å². The van der Waals surface area contributed by atoms with Gasteiger partial charge in [0.1, 0.15) is 0 Å². The van der Waals surface area contributed by atoms with Gasteiger partial charge in [-0.1, -0.05) is 76.3 Å². The summed E-state index contributed by atoms with van der Waals surface area (Å²) in [6, 6.07) is 12.0. The van der Waals surface area contributed by atoms with Crippen molar-refractivity contribution in [1.82, 2.24) is 5.32 Å². The van der Waals surface area contributed by atoms with Gasteiger partial charge in [0, 0.05) is 11.5 Å². The number of rotatable bonds is 8. The summed E-state index contributed by atoms with van der Waals surface area (Å²) >= 11 is 0. The molecule has 0 saturated heterocycles. The minimum Gasteiger partial charge on any atom is -0.313 e. The van der Waals surface area contributed by atoms with Crippen molar-refractivity contribution in [3.05, 3.63) is 35.9 Å². The molecule has 1 aliphatic carbocycles. The van der Waals surface area contributed by atoms with Crippen LogP contribution >= 0.6 is 0 Å². The van der Waals surface area contributed by atoms with Crippen molar-refractivity contribution < 1.29 is 0 Å². The van der Waals surface area contributed by atoms with Crippen LogP contribution in [0.5, 0.6) is 0 Å². The van der Waals surface area contributed by atoms with Crippen molar-refractivity contribution in [2.45, 2.75) is 83.1 Å². The summed E-state index contributed by atoms with van der Waals surface area (Å²) in [7, 11) is 0. The molecule has 1 nitrogen and oxygen atoms in total. The van der Waals surface area contributed by atoms with Gasteiger partial charge in [-0.3, -0.25) is 0 Å². The van der Waals surface area contributed by atoms with Crippen LogP contribution < -0.4 is 5.32 Å². The van der Waals surface area contributed by atoms with E-state index in [-0.39, 0.29) is 0 Å². The van der Waals surface area contributed by atoms with Crippen LogP contribution in [-0.2, 0) is 5.41 Å². The molecular weight excluding hydrogens is 254 g/mol. The predicted octanol–water partition coefficient (Wildman–Crippen LogP) is 5.45. The smallest absolute Gasteiger partial charge is 0.0164 e. The normalized spacial score (nSPS) is 19.3. The maximum atomic E-state index is 3.91. The van der Waals surface area contributed by atoms with Crippen LogP contribution in [0.4, 0.5) is 0 Å². The molecule has 1 heteroatoms. The van der Waals surface area contributed by atoms with Crippen molar-refractivity contribution in [1.29, 1.82) is 0 Å². The maximum absolute atomic E-state index is 3.91. The Bertz CT molecular complexity index is 370. The molecule has 0 heterocycles. The third-order valence-electron chi connectivity index (χ3n) is 5.25.